The number of rotatable bonds is 0. The molecule has 5 heteroatoms. The van der Waals surface area contributed by atoms with Crippen LogP contribution in [0.2, 0.25) is 0 Å². The number of hydrogen-bond acceptors (Lipinski definition) is 2. The van der Waals surface area contributed by atoms with Crippen LogP contribution in [0.25, 0.3) is 5.32 Å². The summed E-state index contributed by atoms with van der Waals surface area (Å²) in [5.41, 5.74) is 0. The number of amides is 2. The van der Waals surface area contributed by atoms with Gasteiger partial charge in [-0.15, -0.1) is 7.05 Å². The molecule has 1 heterocycles. The van der Waals surface area contributed by atoms with Gasteiger partial charge in [0, 0.05) is 25.9 Å². The Labute approximate surface area is 154 Å². The maximum atomic E-state index is 10.7. The summed E-state index contributed by atoms with van der Waals surface area (Å²) in [5.74, 6) is 0.0596. The van der Waals surface area contributed by atoms with Gasteiger partial charge < -0.3 is 15.0 Å². The van der Waals surface area contributed by atoms with Crippen LogP contribution < -0.4 is 58.2 Å². The minimum atomic E-state index is -0.120. The standard InChI is InChI=1S/C7H11NO.C3H7NO.C2H6.Rb/c1-7(9)8-5-3-2-4-6-8;1-3(5)4-2;1-2;/h2-3H,4-6H2,1H3;1-2H3,(H,4,5);1-2H3;/q;;;+1/p-1. The van der Waals surface area contributed by atoms with Gasteiger partial charge in [-0.2, -0.15) is 0 Å². The summed E-state index contributed by atoms with van der Waals surface area (Å²) in [6.45, 7) is 8.72. The zero-order valence-corrected chi connectivity index (χ0v) is 16.9. The van der Waals surface area contributed by atoms with Crippen LogP contribution in [-0.4, -0.2) is 36.9 Å². The van der Waals surface area contributed by atoms with Gasteiger partial charge in [0.1, 0.15) is 0 Å². The fraction of sp³-hybridized carbons (Fsp3) is 0.667. The molecule has 0 aliphatic carbocycles. The molecule has 0 radical (unpaired) electrons. The molecule has 0 aromatic carbocycles. The van der Waals surface area contributed by atoms with E-state index in [1.54, 1.807) is 6.92 Å². The summed E-state index contributed by atoms with van der Waals surface area (Å²) in [6.07, 6.45) is 5.16. The largest absolute Gasteiger partial charge is 1.00 e. The molecule has 0 unspecified atom stereocenters. The average Bonchev–Trinajstić information content (AvgIpc) is 2.33. The summed E-state index contributed by atoms with van der Waals surface area (Å²) in [4.78, 5) is 22.2. The first-order chi connectivity index (χ1) is 7.57. The van der Waals surface area contributed by atoms with Crippen LogP contribution >= 0.6 is 0 Å². The number of carbonyl (C=O) groups excluding carboxylic acids is 2. The minimum Gasteiger partial charge on any atom is -0.656 e. The van der Waals surface area contributed by atoms with Crippen LogP contribution in [0.1, 0.15) is 34.1 Å². The van der Waals surface area contributed by atoms with E-state index in [1.807, 2.05) is 24.8 Å². The second kappa shape index (κ2) is 16.5. The van der Waals surface area contributed by atoms with Crippen LogP contribution in [0.15, 0.2) is 12.2 Å². The Kier molecular flexibility index (Phi) is 22.0. The molecule has 0 fully saturated rings. The Hall–Kier alpha value is 0.485. The van der Waals surface area contributed by atoms with E-state index in [2.05, 4.69) is 11.4 Å². The number of nitrogens with zero attached hydrogens (tertiary/aromatic N) is 2. The van der Waals surface area contributed by atoms with E-state index in [9.17, 15) is 9.59 Å². The van der Waals surface area contributed by atoms with Gasteiger partial charge in [-0.3, -0.25) is 4.79 Å². The Balaban J connectivity index is -0.000000213. The first kappa shape index (κ1) is 22.6. The normalized spacial score (nSPS) is 11.9. The van der Waals surface area contributed by atoms with Crippen molar-refractivity contribution in [3.05, 3.63) is 17.5 Å². The molecule has 0 atom stereocenters. The monoisotopic (exact) mass is 312 g/mol. The maximum Gasteiger partial charge on any atom is 1.00 e. The van der Waals surface area contributed by atoms with E-state index in [0.29, 0.717) is 0 Å². The van der Waals surface area contributed by atoms with Gasteiger partial charge >= 0.3 is 58.2 Å². The molecule has 4 nitrogen and oxygen atoms in total. The predicted molar refractivity (Wildman–Crippen MR) is 67.3 cm³/mol. The van der Waals surface area contributed by atoms with Crippen molar-refractivity contribution in [2.24, 2.45) is 0 Å². The fourth-order valence-corrected chi connectivity index (χ4v) is 0.927. The number of hydrogen-bond donors (Lipinski definition) is 0. The minimum absolute atomic E-state index is 0. The molecule has 17 heavy (non-hydrogen) atoms. The van der Waals surface area contributed by atoms with Crippen molar-refractivity contribution in [1.82, 2.24) is 4.90 Å². The molecule has 94 valence electrons. The maximum absolute atomic E-state index is 10.7. The van der Waals surface area contributed by atoms with Crippen LogP contribution in [0.4, 0.5) is 0 Å². The van der Waals surface area contributed by atoms with Crippen LogP contribution in [0, 0.1) is 0 Å². The van der Waals surface area contributed by atoms with E-state index in [4.69, 9.17) is 0 Å². The van der Waals surface area contributed by atoms with Crippen molar-refractivity contribution < 1.29 is 67.8 Å². The van der Waals surface area contributed by atoms with Gasteiger partial charge in [0.25, 0.3) is 0 Å². The third-order valence-corrected chi connectivity index (χ3v) is 1.82. The van der Waals surface area contributed by atoms with Gasteiger partial charge in [-0.05, 0) is 13.3 Å². The van der Waals surface area contributed by atoms with E-state index in [0.717, 1.165) is 19.5 Å². The van der Waals surface area contributed by atoms with Gasteiger partial charge in [-0.1, -0.05) is 26.0 Å². The molecule has 1 aliphatic heterocycles. The summed E-state index contributed by atoms with van der Waals surface area (Å²) >= 11 is 0. The van der Waals surface area contributed by atoms with E-state index < -0.39 is 0 Å². The molecule has 0 spiro atoms. The van der Waals surface area contributed by atoms with Crippen molar-refractivity contribution in [2.45, 2.75) is 34.1 Å². The van der Waals surface area contributed by atoms with Crippen molar-refractivity contribution in [3.63, 3.8) is 0 Å². The second-order valence-corrected chi connectivity index (χ2v) is 2.97. The van der Waals surface area contributed by atoms with Gasteiger partial charge in [-0.25, -0.2) is 0 Å². The average molecular weight is 313 g/mol. The first-order valence-corrected chi connectivity index (χ1v) is 5.58. The molecular weight excluding hydrogens is 290 g/mol. The van der Waals surface area contributed by atoms with Crippen LogP contribution in [-0.2, 0) is 9.59 Å². The van der Waals surface area contributed by atoms with Gasteiger partial charge in [0.15, 0.2) is 0 Å². The molecule has 2 amide bonds. The fourth-order valence-electron chi connectivity index (χ4n) is 0.927. The quantitative estimate of drug-likeness (QED) is 0.559. The first-order valence-electron chi connectivity index (χ1n) is 5.58. The summed E-state index contributed by atoms with van der Waals surface area (Å²) in [5, 5.41) is 3.25. The topological polar surface area (TPSA) is 51.5 Å². The zero-order chi connectivity index (χ0) is 13.0. The van der Waals surface area contributed by atoms with Crippen molar-refractivity contribution in [1.29, 1.82) is 0 Å². The van der Waals surface area contributed by atoms with Crippen LogP contribution in [0.5, 0.6) is 0 Å². The Morgan fingerprint density at radius 1 is 1.18 bits per heavy atom. The van der Waals surface area contributed by atoms with Crippen molar-refractivity contribution >= 4 is 11.8 Å². The van der Waals surface area contributed by atoms with E-state index in [-0.39, 0.29) is 70.0 Å². The van der Waals surface area contributed by atoms with Crippen molar-refractivity contribution in [2.75, 3.05) is 20.1 Å². The molecule has 0 saturated carbocycles. The molecule has 0 aromatic rings. The molecule has 1 rings (SSSR count). The molecule has 0 saturated heterocycles. The molecule has 0 N–H and O–H groups in total. The third-order valence-electron chi connectivity index (χ3n) is 1.82. The third kappa shape index (κ3) is 16.5. The molecule has 1 aliphatic rings. The van der Waals surface area contributed by atoms with Crippen molar-refractivity contribution in [3.8, 4) is 0 Å². The predicted octanol–water partition coefficient (Wildman–Crippen LogP) is -0.639. The molecule has 0 aromatic heterocycles. The van der Waals surface area contributed by atoms with Gasteiger partial charge in [0.05, 0.1) is 0 Å². The van der Waals surface area contributed by atoms with E-state index >= 15 is 0 Å². The SMILES string of the molecule is CC.CC(=O)N1CC=CCC1.C[N-]C(C)=O.[Rb+]. The molecular formula is C12H23N2O2Rb. The second-order valence-electron chi connectivity index (χ2n) is 2.97. The summed E-state index contributed by atoms with van der Waals surface area (Å²) in [6, 6.07) is 0. The smallest absolute Gasteiger partial charge is 0.656 e. The Bertz CT molecular complexity index is 231. The van der Waals surface area contributed by atoms with E-state index in [1.165, 1.54) is 14.0 Å². The number of carbonyl (C=O) groups is 2. The molecule has 0 bridgehead atoms. The Morgan fingerprint density at radius 3 is 1.82 bits per heavy atom. The summed E-state index contributed by atoms with van der Waals surface area (Å²) < 4.78 is 0. The van der Waals surface area contributed by atoms with Gasteiger partial charge in [0.2, 0.25) is 5.91 Å². The zero-order valence-electron chi connectivity index (χ0n) is 12.0. The Morgan fingerprint density at radius 2 is 1.65 bits per heavy atom. The summed E-state index contributed by atoms with van der Waals surface area (Å²) in [7, 11) is 1.47. The van der Waals surface area contributed by atoms with Crippen LogP contribution in [0.3, 0.4) is 0 Å².